The van der Waals surface area contributed by atoms with Crippen molar-refractivity contribution in [2.45, 2.75) is 56.8 Å². The van der Waals surface area contributed by atoms with Crippen LogP contribution in [0.2, 0.25) is 0 Å². The maximum atomic E-state index is 11.3. The van der Waals surface area contributed by atoms with E-state index in [4.69, 9.17) is 9.72 Å². The van der Waals surface area contributed by atoms with Gasteiger partial charge in [-0.15, -0.1) is 11.3 Å². The summed E-state index contributed by atoms with van der Waals surface area (Å²) >= 11 is 1.70. The molecule has 6 heteroatoms. The quantitative estimate of drug-likeness (QED) is 0.834. The molecule has 5 rings (SSSR count). The van der Waals surface area contributed by atoms with Gasteiger partial charge in [-0.25, -0.2) is 4.98 Å². The van der Waals surface area contributed by atoms with Crippen molar-refractivity contribution in [3.05, 3.63) is 51.5 Å². The van der Waals surface area contributed by atoms with Crippen molar-refractivity contribution in [2.24, 2.45) is 0 Å². The van der Waals surface area contributed by atoms with Crippen molar-refractivity contribution in [3.63, 3.8) is 0 Å². The third-order valence-electron chi connectivity index (χ3n) is 6.93. The van der Waals surface area contributed by atoms with Gasteiger partial charge in [-0.2, -0.15) is 0 Å². The summed E-state index contributed by atoms with van der Waals surface area (Å²) < 4.78 is 5.50. The van der Waals surface area contributed by atoms with E-state index in [0.717, 1.165) is 88.7 Å². The van der Waals surface area contributed by atoms with Crippen LogP contribution in [0, 0.1) is 0 Å². The first kappa shape index (κ1) is 19.6. The van der Waals surface area contributed by atoms with E-state index in [2.05, 4.69) is 39.4 Å². The summed E-state index contributed by atoms with van der Waals surface area (Å²) in [6.07, 6.45) is 4.92. The fourth-order valence-electron chi connectivity index (χ4n) is 5.04. The van der Waals surface area contributed by atoms with Gasteiger partial charge in [0.05, 0.1) is 12.2 Å². The average molecular weight is 414 g/mol. The van der Waals surface area contributed by atoms with Crippen molar-refractivity contribution in [1.29, 1.82) is 0 Å². The largest absolute Gasteiger partial charge is 0.383 e. The third kappa shape index (κ3) is 4.28. The van der Waals surface area contributed by atoms with E-state index >= 15 is 0 Å². The zero-order valence-corrected chi connectivity index (χ0v) is 17.9. The first-order chi connectivity index (χ1) is 14.2. The highest BCUT2D eigenvalue weighted by molar-refractivity contribution is 7.09. The molecule has 4 heterocycles. The summed E-state index contributed by atoms with van der Waals surface area (Å²) in [6.45, 7) is 6.62. The van der Waals surface area contributed by atoms with E-state index in [1.165, 1.54) is 11.1 Å². The van der Waals surface area contributed by atoms with Gasteiger partial charge in [-0.05, 0) is 43.2 Å². The van der Waals surface area contributed by atoms with Crippen molar-refractivity contribution in [2.75, 3.05) is 32.8 Å². The van der Waals surface area contributed by atoms with Gasteiger partial charge in [0.25, 0.3) is 0 Å². The first-order valence-electron chi connectivity index (χ1n) is 11.0. The molecule has 0 saturated carbocycles. The first-order valence-corrected chi connectivity index (χ1v) is 11.9. The van der Waals surface area contributed by atoms with Gasteiger partial charge in [0, 0.05) is 50.8 Å². The Kier molecular flexibility index (Phi) is 5.71. The van der Waals surface area contributed by atoms with Crippen LogP contribution < -0.4 is 0 Å². The number of aliphatic hydroxyl groups is 1. The van der Waals surface area contributed by atoms with E-state index in [1.54, 1.807) is 11.3 Å². The molecule has 3 aliphatic heterocycles. The Bertz CT molecular complexity index is 825. The van der Waals surface area contributed by atoms with Crippen molar-refractivity contribution in [3.8, 4) is 0 Å². The van der Waals surface area contributed by atoms with E-state index < -0.39 is 5.60 Å². The van der Waals surface area contributed by atoms with Crippen molar-refractivity contribution >= 4 is 11.3 Å². The predicted molar refractivity (Wildman–Crippen MR) is 115 cm³/mol. The van der Waals surface area contributed by atoms with Crippen molar-refractivity contribution < 1.29 is 9.84 Å². The molecule has 0 spiro atoms. The number of hydrogen-bond donors (Lipinski definition) is 1. The molecule has 5 nitrogen and oxygen atoms in total. The number of aromatic nitrogens is 1. The summed E-state index contributed by atoms with van der Waals surface area (Å²) in [5, 5.41) is 14.5. The normalized spacial score (nSPS) is 23.8. The Morgan fingerprint density at radius 3 is 2.66 bits per heavy atom. The molecular formula is C23H31N3O2S. The molecule has 0 unspecified atom stereocenters. The molecule has 1 aromatic carbocycles. The topological polar surface area (TPSA) is 48.8 Å². The maximum Gasteiger partial charge on any atom is 0.110 e. The zero-order valence-electron chi connectivity index (χ0n) is 17.1. The minimum Gasteiger partial charge on any atom is -0.383 e. The molecule has 0 bridgehead atoms. The molecule has 29 heavy (non-hydrogen) atoms. The molecule has 0 aliphatic carbocycles. The molecule has 2 aromatic rings. The Balaban J connectivity index is 1.19. The highest BCUT2D eigenvalue weighted by Gasteiger charge is 2.38. The molecule has 0 radical (unpaired) electrons. The van der Waals surface area contributed by atoms with Gasteiger partial charge >= 0.3 is 0 Å². The van der Waals surface area contributed by atoms with Gasteiger partial charge in [0.1, 0.15) is 10.6 Å². The summed E-state index contributed by atoms with van der Waals surface area (Å²) in [5.74, 6) is 0. The zero-order chi connectivity index (χ0) is 19.7. The monoisotopic (exact) mass is 413 g/mol. The fraction of sp³-hybridized carbons (Fsp3) is 0.609. The molecule has 1 N–H and O–H groups in total. The molecule has 0 atom stereocenters. The van der Waals surface area contributed by atoms with Crippen LogP contribution in [-0.2, 0) is 29.8 Å². The van der Waals surface area contributed by atoms with Crippen LogP contribution in [0.1, 0.15) is 47.5 Å². The van der Waals surface area contributed by atoms with Crippen LogP contribution in [0.15, 0.2) is 29.6 Å². The number of likely N-dealkylation sites (tertiary alicyclic amines) is 1. The number of ether oxygens (including phenoxy) is 1. The lowest BCUT2D eigenvalue weighted by Gasteiger charge is -2.42. The predicted octanol–water partition coefficient (Wildman–Crippen LogP) is 3.16. The van der Waals surface area contributed by atoms with E-state index in [-0.39, 0.29) is 0 Å². The van der Waals surface area contributed by atoms with Crippen LogP contribution in [0.25, 0.3) is 0 Å². The number of benzene rings is 1. The van der Waals surface area contributed by atoms with E-state index in [9.17, 15) is 5.11 Å². The molecule has 2 saturated heterocycles. The van der Waals surface area contributed by atoms with Gasteiger partial charge in [-0.3, -0.25) is 9.80 Å². The second kappa shape index (κ2) is 8.44. The standard InChI is InChI=1S/C23H31N3O2S/c27-23(8-11-26(12-9-23)20-6-13-28-14-7-20)21-17-29-22(24-21)16-25-10-5-18-3-1-2-4-19(18)15-25/h1-4,17,20,27H,5-16H2. The number of fused-ring (bicyclic) bond motifs is 1. The summed E-state index contributed by atoms with van der Waals surface area (Å²) in [7, 11) is 0. The highest BCUT2D eigenvalue weighted by Crippen LogP contribution is 2.35. The number of nitrogens with zero attached hydrogens (tertiary/aromatic N) is 3. The van der Waals surface area contributed by atoms with Crippen LogP contribution in [0.5, 0.6) is 0 Å². The Morgan fingerprint density at radius 2 is 1.86 bits per heavy atom. The molecule has 2 fully saturated rings. The number of rotatable bonds is 4. The summed E-state index contributed by atoms with van der Waals surface area (Å²) in [5.41, 5.74) is 3.05. The summed E-state index contributed by atoms with van der Waals surface area (Å²) in [4.78, 5) is 9.91. The Labute approximate surface area is 177 Å². The number of hydrogen-bond acceptors (Lipinski definition) is 6. The second-order valence-corrected chi connectivity index (χ2v) is 9.71. The average Bonchev–Trinajstić information content (AvgIpc) is 3.24. The lowest BCUT2D eigenvalue weighted by Crippen LogP contribution is -2.48. The fourth-order valence-corrected chi connectivity index (χ4v) is 5.97. The van der Waals surface area contributed by atoms with Crippen molar-refractivity contribution in [1.82, 2.24) is 14.8 Å². The summed E-state index contributed by atoms with van der Waals surface area (Å²) in [6, 6.07) is 9.38. The Hall–Kier alpha value is -1.31. The SMILES string of the molecule is OC1(c2csc(CN3CCc4ccccc4C3)n2)CCN(C2CCOCC2)CC1. The van der Waals surface area contributed by atoms with E-state index in [0.29, 0.717) is 6.04 Å². The van der Waals surface area contributed by atoms with Crippen LogP contribution in [0.4, 0.5) is 0 Å². The van der Waals surface area contributed by atoms with Gasteiger partial charge in [0.2, 0.25) is 0 Å². The van der Waals surface area contributed by atoms with Gasteiger partial charge in [-0.1, -0.05) is 24.3 Å². The molecular weight excluding hydrogens is 382 g/mol. The van der Waals surface area contributed by atoms with E-state index in [1.807, 2.05) is 0 Å². The third-order valence-corrected chi connectivity index (χ3v) is 7.76. The van der Waals surface area contributed by atoms with Crippen LogP contribution in [-0.4, -0.2) is 58.8 Å². The number of thiazole rings is 1. The lowest BCUT2D eigenvalue weighted by atomic mass is 9.87. The molecule has 156 valence electrons. The minimum atomic E-state index is -0.759. The molecule has 1 aromatic heterocycles. The highest BCUT2D eigenvalue weighted by atomic mass is 32.1. The Morgan fingerprint density at radius 1 is 1.10 bits per heavy atom. The molecule has 0 amide bonds. The smallest absolute Gasteiger partial charge is 0.110 e. The van der Waals surface area contributed by atoms with Crippen LogP contribution >= 0.6 is 11.3 Å². The lowest BCUT2D eigenvalue weighted by molar-refractivity contribution is -0.0525. The van der Waals surface area contributed by atoms with Gasteiger partial charge < -0.3 is 9.84 Å². The maximum absolute atomic E-state index is 11.3. The van der Waals surface area contributed by atoms with Crippen LogP contribution in [0.3, 0.4) is 0 Å². The second-order valence-electron chi connectivity index (χ2n) is 8.77. The van der Waals surface area contributed by atoms with Gasteiger partial charge in [0.15, 0.2) is 0 Å². The molecule has 3 aliphatic rings. The minimum absolute atomic E-state index is 0.626. The number of piperidine rings is 1.